The van der Waals surface area contributed by atoms with E-state index in [0.29, 0.717) is 5.69 Å². The van der Waals surface area contributed by atoms with E-state index in [4.69, 9.17) is 0 Å². The van der Waals surface area contributed by atoms with Crippen LogP contribution in [-0.4, -0.2) is 46.5 Å². The molecule has 24 heavy (non-hydrogen) atoms. The number of rotatable bonds is 4. The van der Waals surface area contributed by atoms with Crippen molar-refractivity contribution < 1.29 is 8.42 Å². The van der Waals surface area contributed by atoms with E-state index < -0.39 is 10.0 Å². The van der Waals surface area contributed by atoms with E-state index in [0.717, 1.165) is 36.3 Å². The number of anilines is 2. The average Bonchev–Trinajstić information content (AvgIpc) is 2.56. The first-order chi connectivity index (χ1) is 11.4. The first-order valence-corrected chi connectivity index (χ1v) is 10.0. The Morgan fingerprint density at radius 3 is 2.29 bits per heavy atom. The lowest BCUT2D eigenvalue weighted by atomic mass is 10.2. The molecule has 0 spiro atoms. The molecular weight excluding hydrogens is 390 g/mol. The second-order valence-electron chi connectivity index (χ2n) is 5.90. The second-order valence-corrected chi connectivity index (χ2v) is 8.50. The van der Waals surface area contributed by atoms with Crippen molar-refractivity contribution in [2.45, 2.75) is 4.90 Å². The molecule has 5 nitrogen and oxygen atoms in total. The van der Waals surface area contributed by atoms with Crippen molar-refractivity contribution >= 4 is 37.3 Å². The number of sulfonamides is 1. The van der Waals surface area contributed by atoms with Crippen molar-refractivity contribution in [1.82, 2.24) is 4.90 Å². The van der Waals surface area contributed by atoms with Gasteiger partial charge in [-0.15, -0.1) is 0 Å². The number of hydrogen-bond donors (Lipinski definition) is 1. The molecule has 0 unspecified atom stereocenters. The Kier molecular flexibility index (Phi) is 5.12. The van der Waals surface area contributed by atoms with Crippen molar-refractivity contribution in [3.05, 3.63) is 53.0 Å². The van der Waals surface area contributed by atoms with Crippen LogP contribution in [0.2, 0.25) is 0 Å². The lowest BCUT2D eigenvalue weighted by Gasteiger charge is -2.34. The Bertz CT molecular complexity index is 801. The Hall–Kier alpha value is -1.57. The molecule has 0 bridgehead atoms. The maximum Gasteiger partial charge on any atom is 0.261 e. The number of halogens is 1. The van der Waals surface area contributed by atoms with Gasteiger partial charge in [-0.25, -0.2) is 8.42 Å². The van der Waals surface area contributed by atoms with Gasteiger partial charge in [-0.05, 0) is 49.5 Å². The normalized spacial score (nSPS) is 16.2. The predicted octanol–water partition coefficient (Wildman–Crippen LogP) is 3.00. The summed E-state index contributed by atoms with van der Waals surface area (Å²) in [6.45, 7) is 4.05. The molecular formula is C17H20BrN3O2S. The molecule has 0 aliphatic carbocycles. The van der Waals surface area contributed by atoms with Gasteiger partial charge in [-0.1, -0.05) is 22.0 Å². The lowest BCUT2D eigenvalue weighted by Crippen LogP contribution is -2.44. The molecule has 1 aliphatic heterocycles. The molecule has 0 atom stereocenters. The zero-order chi connectivity index (χ0) is 17.2. The molecule has 3 rings (SSSR count). The van der Waals surface area contributed by atoms with Crippen molar-refractivity contribution in [2.24, 2.45) is 0 Å². The van der Waals surface area contributed by atoms with E-state index in [9.17, 15) is 8.42 Å². The number of benzene rings is 2. The maximum absolute atomic E-state index is 12.4. The van der Waals surface area contributed by atoms with E-state index in [1.165, 1.54) is 0 Å². The van der Waals surface area contributed by atoms with Crippen molar-refractivity contribution in [2.75, 3.05) is 42.8 Å². The molecule has 1 fully saturated rings. The van der Waals surface area contributed by atoms with Crippen LogP contribution in [0.1, 0.15) is 0 Å². The van der Waals surface area contributed by atoms with Gasteiger partial charge in [0.2, 0.25) is 0 Å². The van der Waals surface area contributed by atoms with Crippen LogP contribution in [0.15, 0.2) is 57.9 Å². The summed E-state index contributed by atoms with van der Waals surface area (Å²) in [5, 5.41) is 0. The molecule has 7 heteroatoms. The monoisotopic (exact) mass is 409 g/mol. The molecule has 1 heterocycles. The number of likely N-dealkylation sites (N-methyl/N-ethyl adjacent to an activating group) is 1. The van der Waals surface area contributed by atoms with Crippen LogP contribution < -0.4 is 9.62 Å². The van der Waals surface area contributed by atoms with E-state index in [1.54, 1.807) is 24.3 Å². The van der Waals surface area contributed by atoms with Crippen LogP contribution in [0.25, 0.3) is 0 Å². The summed E-state index contributed by atoms with van der Waals surface area (Å²) >= 11 is 3.30. The van der Waals surface area contributed by atoms with Gasteiger partial charge in [0, 0.05) is 42.0 Å². The highest BCUT2D eigenvalue weighted by Gasteiger charge is 2.16. The fourth-order valence-corrected chi connectivity index (χ4v) is 4.31. The second kappa shape index (κ2) is 7.13. The smallest absolute Gasteiger partial charge is 0.261 e. The minimum atomic E-state index is -3.58. The standard InChI is InChI=1S/C17H20BrN3O2S/c1-20-9-11-21(12-10-20)16-7-5-15(6-8-16)19-24(22,23)17-4-2-3-14(18)13-17/h2-8,13,19H,9-12H2,1H3. The van der Waals surface area contributed by atoms with Gasteiger partial charge in [-0.3, -0.25) is 4.72 Å². The summed E-state index contributed by atoms with van der Waals surface area (Å²) in [4.78, 5) is 4.85. The first-order valence-electron chi connectivity index (χ1n) is 7.76. The summed E-state index contributed by atoms with van der Waals surface area (Å²) in [5.74, 6) is 0. The van der Waals surface area contributed by atoms with Crippen molar-refractivity contribution in [3.8, 4) is 0 Å². The summed E-state index contributed by atoms with van der Waals surface area (Å²) in [5.41, 5.74) is 1.68. The number of nitrogens with one attached hydrogen (secondary N) is 1. The SMILES string of the molecule is CN1CCN(c2ccc(NS(=O)(=O)c3cccc(Br)c3)cc2)CC1. The fourth-order valence-electron chi connectivity index (χ4n) is 2.65. The molecule has 1 aliphatic rings. The van der Waals surface area contributed by atoms with E-state index in [2.05, 4.69) is 37.5 Å². The fraction of sp³-hybridized carbons (Fsp3) is 0.294. The number of piperazine rings is 1. The van der Waals surface area contributed by atoms with E-state index >= 15 is 0 Å². The highest BCUT2D eigenvalue weighted by Crippen LogP contribution is 2.22. The largest absolute Gasteiger partial charge is 0.369 e. The topological polar surface area (TPSA) is 52.6 Å². The average molecular weight is 410 g/mol. The van der Waals surface area contributed by atoms with Gasteiger partial charge < -0.3 is 9.80 Å². The third-order valence-corrected chi connectivity index (χ3v) is 5.97. The highest BCUT2D eigenvalue weighted by molar-refractivity contribution is 9.10. The molecule has 128 valence electrons. The quantitative estimate of drug-likeness (QED) is 0.842. The summed E-state index contributed by atoms with van der Waals surface area (Å²) in [7, 11) is -1.46. The molecule has 0 saturated carbocycles. The van der Waals surface area contributed by atoms with Gasteiger partial charge in [-0.2, -0.15) is 0 Å². The Morgan fingerprint density at radius 1 is 1.00 bits per heavy atom. The lowest BCUT2D eigenvalue weighted by molar-refractivity contribution is 0.313. The number of hydrogen-bond acceptors (Lipinski definition) is 4. The van der Waals surface area contributed by atoms with Gasteiger partial charge in [0.1, 0.15) is 0 Å². The van der Waals surface area contributed by atoms with Crippen LogP contribution in [0.4, 0.5) is 11.4 Å². The van der Waals surface area contributed by atoms with Crippen LogP contribution in [-0.2, 0) is 10.0 Å². The van der Waals surface area contributed by atoms with Gasteiger partial charge >= 0.3 is 0 Å². The summed E-state index contributed by atoms with van der Waals surface area (Å²) in [6, 6.07) is 14.2. The van der Waals surface area contributed by atoms with Gasteiger partial charge in [0.05, 0.1) is 4.90 Å². The van der Waals surface area contributed by atoms with Crippen molar-refractivity contribution in [1.29, 1.82) is 0 Å². The highest BCUT2D eigenvalue weighted by atomic mass is 79.9. The Morgan fingerprint density at radius 2 is 1.67 bits per heavy atom. The first kappa shape index (κ1) is 17.3. The number of nitrogens with zero attached hydrogens (tertiary/aromatic N) is 2. The molecule has 0 radical (unpaired) electrons. The minimum Gasteiger partial charge on any atom is -0.369 e. The zero-order valence-electron chi connectivity index (χ0n) is 13.4. The molecule has 1 saturated heterocycles. The van der Waals surface area contributed by atoms with Crippen LogP contribution >= 0.6 is 15.9 Å². The maximum atomic E-state index is 12.4. The molecule has 0 aromatic heterocycles. The summed E-state index contributed by atoms with van der Waals surface area (Å²) < 4.78 is 28.2. The van der Waals surface area contributed by atoms with Crippen LogP contribution in [0.3, 0.4) is 0 Å². The summed E-state index contributed by atoms with van der Waals surface area (Å²) in [6.07, 6.45) is 0. The Labute approximate surface area is 151 Å². The minimum absolute atomic E-state index is 0.236. The predicted molar refractivity (Wildman–Crippen MR) is 101 cm³/mol. The third-order valence-electron chi connectivity index (χ3n) is 4.09. The Balaban J connectivity index is 1.72. The molecule has 2 aromatic carbocycles. The van der Waals surface area contributed by atoms with Crippen LogP contribution in [0, 0.1) is 0 Å². The molecule has 2 aromatic rings. The van der Waals surface area contributed by atoms with Gasteiger partial charge in [0.15, 0.2) is 0 Å². The van der Waals surface area contributed by atoms with Gasteiger partial charge in [0.25, 0.3) is 10.0 Å². The van der Waals surface area contributed by atoms with Crippen LogP contribution in [0.5, 0.6) is 0 Å². The molecule has 0 amide bonds. The van der Waals surface area contributed by atoms with Crippen molar-refractivity contribution in [3.63, 3.8) is 0 Å². The third kappa shape index (κ3) is 4.09. The van der Waals surface area contributed by atoms with E-state index in [1.807, 2.05) is 24.3 Å². The zero-order valence-corrected chi connectivity index (χ0v) is 15.8. The van der Waals surface area contributed by atoms with E-state index in [-0.39, 0.29) is 4.90 Å². The molecule has 1 N–H and O–H groups in total.